The minimum atomic E-state index is 0.244. The van der Waals surface area contributed by atoms with Crippen LogP contribution in [0.15, 0.2) is 158 Å². The number of rotatable bonds is 10. The first-order valence-corrected chi connectivity index (χ1v) is 14.1. The summed E-state index contributed by atoms with van der Waals surface area (Å²) in [5, 5.41) is 0. The lowest BCUT2D eigenvalue weighted by Crippen LogP contribution is -2.28. The summed E-state index contributed by atoms with van der Waals surface area (Å²) in [5.74, 6) is 0. The number of nitrogens with zero attached hydrogens (tertiary/aromatic N) is 1. The van der Waals surface area contributed by atoms with Gasteiger partial charge in [-0.2, -0.15) is 0 Å². The van der Waals surface area contributed by atoms with Crippen LogP contribution in [0, 0.1) is 6.92 Å². The third-order valence-corrected chi connectivity index (χ3v) is 7.51. The summed E-state index contributed by atoms with van der Waals surface area (Å²) in [6.45, 7) is 6.11. The molecule has 0 aliphatic heterocycles. The second kappa shape index (κ2) is 13.6. The van der Waals surface area contributed by atoms with Crippen molar-refractivity contribution < 1.29 is 0 Å². The average Bonchev–Trinajstić information content (AvgIpc) is 3.02. The first kappa shape index (κ1) is 27.1. The molecule has 0 spiro atoms. The highest BCUT2D eigenvalue weighted by molar-refractivity contribution is 5.80. The third-order valence-electron chi connectivity index (χ3n) is 7.51. The maximum Gasteiger partial charge on any atom is 0.0326 e. The Morgan fingerprint density at radius 3 is 1.15 bits per heavy atom. The molecule has 1 atom stereocenters. The molecule has 40 heavy (non-hydrogen) atoms. The van der Waals surface area contributed by atoms with Crippen molar-refractivity contribution in [2.75, 3.05) is 13.1 Å². The Morgan fingerprint density at radius 1 is 0.500 bits per heavy atom. The molecule has 0 fully saturated rings. The molecular formula is C39H37N. The minimum Gasteiger partial charge on any atom is -0.289 e. The Kier molecular flexibility index (Phi) is 9.19. The monoisotopic (exact) mass is 519 g/mol. The molecule has 0 heterocycles. The van der Waals surface area contributed by atoms with Crippen LogP contribution >= 0.6 is 0 Å². The molecule has 5 aromatic rings. The van der Waals surface area contributed by atoms with Crippen LogP contribution in [0.25, 0.3) is 11.1 Å². The molecule has 0 N–H and O–H groups in total. The van der Waals surface area contributed by atoms with Gasteiger partial charge < -0.3 is 0 Å². The van der Waals surface area contributed by atoms with E-state index in [0.29, 0.717) is 0 Å². The van der Waals surface area contributed by atoms with Crippen molar-refractivity contribution in [3.8, 4) is 0 Å². The lowest BCUT2D eigenvalue weighted by atomic mass is 9.96. The lowest BCUT2D eigenvalue weighted by Gasteiger charge is -2.28. The molecule has 1 nitrogen and oxygen atoms in total. The zero-order valence-corrected chi connectivity index (χ0v) is 23.4. The Bertz CT molecular complexity index is 1340. The first-order valence-electron chi connectivity index (χ1n) is 14.1. The standard InChI is InChI=1S/C39H37N/c1-31-23-25-33(26-24-31)32(2)40(29-27-38(34-15-7-3-8-16-34)35-17-9-4-10-18-35)30-28-39(36-19-11-5-12-20-36)37-21-13-6-14-22-37/h3-28,32H,29-30H2,1-2H3. The van der Waals surface area contributed by atoms with Crippen molar-refractivity contribution in [1.82, 2.24) is 4.90 Å². The SMILES string of the molecule is Cc1ccc(C(C)N(CC=C(c2ccccc2)c2ccccc2)CC=C(c2ccccc2)c2ccccc2)cc1. The van der Waals surface area contributed by atoms with Gasteiger partial charge in [-0.15, -0.1) is 0 Å². The number of hydrogen-bond acceptors (Lipinski definition) is 1. The molecule has 0 aromatic heterocycles. The van der Waals surface area contributed by atoms with Gasteiger partial charge in [0.1, 0.15) is 0 Å². The van der Waals surface area contributed by atoms with Crippen molar-refractivity contribution in [2.24, 2.45) is 0 Å². The zero-order chi connectivity index (χ0) is 27.6. The number of aryl methyl sites for hydroxylation is 1. The van der Waals surface area contributed by atoms with Crippen LogP contribution in [0.2, 0.25) is 0 Å². The van der Waals surface area contributed by atoms with Crippen LogP contribution in [-0.2, 0) is 0 Å². The van der Waals surface area contributed by atoms with Gasteiger partial charge in [0.2, 0.25) is 0 Å². The first-order chi connectivity index (χ1) is 19.7. The largest absolute Gasteiger partial charge is 0.289 e. The van der Waals surface area contributed by atoms with E-state index in [2.05, 4.69) is 176 Å². The lowest BCUT2D eigenvalue weighted by molar-refractivity contribution is 0.260. The average molecular weight is 520 g/mol. The molecule has 198 valence electrons. The normalized spacial score (nSPS) is 11.6. The van der Waals surface area contributed by atoms with Crippen molar-refractivity contribution in [3.05, 3.63) is 191 Å². The van der Waals surface area contributed by atoms with Crippen molar-refractivity contribution in [2.45, 2.75) is 19.9 Å². The Balaban J connectivity index is 1.53. The van der Waals surface area contributed by atoms with Crippen molar-refractivity contribution in [1.29, 1.82) is 0 Å². The fourth-order valence-corrected chi connectivity index (χ4v) is 5.14. The van der Waals surface area contributed by atoms with E-state index in [1.807, 2.05) is 0 Å². The van der Waals surface area contributed by atoms with Crippen LogP contribution in [-0.4, -0.2) is 18.0 Å². The van der Waals surface area contributed by atoms with Crippen molar-refractivity contribution in [3.63, 3.8) is 0 Å². The highest BCUT2D eigenvalue weighted by Gasteiger charge is 2.16. The van der Waals surface area contributed by atoms with Crippen LogP contribution in [0.3, 0.4) is 0 Å². The van der Waals surface area contributed by atoms with Gasteiger partial charge in [-0.25, -0.2) is 0 Å². The van der Waals surface area contributed by atoms with Gasteiger partial charge in [0.05, 0.1) is 0 Å². The van der Waals surface area contributed by atoms with E-state index in [1.165, 1.54) is 44.5 Å². The Morgan fingerprint density at radius 2 is 0.825 bits per heavy atom. The Labute approximate surface area is 239 Å². The topological polar surface area (TPSA) is 3.24 Å². The van der Waals surface area contributed by atoms with Crippen LogP contribution in [0.4, 0.5) is 0 Å². The molecule has 0 aliphatic rings. The number of benzene rings is 5. The summed E-state index contributed by atoms with van der Waals surface area (Å²) in [4.78, 5) is 2.56. The molecule has 0 amide bonds. The van der Waals surface area contributed by atoms with Gasteiger partial charge >= 0.3 is 0 Å². The van der Waals surface area contributed by atoms with E-state index in [-0.39, 0.29) is 6.04 Å². The second-order valence-electron chi connectivity index (χ2n) is 10.2. The molecule has 1 unspecified atom stereocenters. The van der Waals surface area contributed by atoms with E-state index < -0.39 is 0 Å². The smallest absolute Gasteiger partial charge is 0.0326 e. The summed E-state index contributed by atoms with van der Waals surface area (Å²) in [7, 11) is 0. The predicted octanol–water partition coefficient (Wildman–Crippen LogP) is 9.62. The predicted molar refractivity (Wildman–Crippen MR) is 171 cm³/mol. The molecule has 5 aromatic carbocycles. The summed E-state index contributed by atoms with van der Waals surface area (Å²) >= 11 is 0. The van der Waals surface area contributed by atoms with Gasteiger partial charge in [-0.3, -0.25) is 4.90 Å². The molecular weight excluding hydrogens is 482 g/mol. The van der Waals surface area contributed by atoms with Crippen molar-refractivity contribution >= 4 is 11.1 Å². The highest BCUT2D eigenvalue weighted by Crippen LogP contribution is 2.28. The van der Waals surface area contributed by atoms with Crippen LogP contribution in [0.5, 0.6) is 0 Å². The van der Waals surface area contributed by atoms with E-state index in [9.17, 15) is 0 Å². The maximum absolute atomic E-state index is 2.56. The summed E-state index contributed by atoms with van der Waals surface area (Å²) in [6.07, 6.45) is 4.79. The second-order valence-corrected chi connectivity index (χ2v) is 10.2. The highest BCUT2D eigenvalue weighted by atomic mass is 15.1. The molecule has 0 bridgehead atoms. The quantitative estimate of drug-likeness (QED) is 0.177. The fourth-order valence-electron chi connectivity index (χ4n) is 5.14. The van der Waals surface area contributed by atoms with E-state index >= 15 is 0 Å². The van der Waals surface area contributed by atoms with E-state index in [0.717, 1.165) is 13.1 Å². The van der Waals surface area contributed by atoms with Gasteiger partial charge in [-0.05, 0) is 52.8 Å². The fraction of sp³-hybridized carbons (Fsp3) is 0.128. The molecule has 0 saturated heterocycles. The van der Waals surface area contributed by atoms with Gasteiger partial charge in [0, 0.05) is 19.1 Å². The molecule has 5 rings (SSSR count). The van der Waals surface area contributed by atoms with Crippen LogP contribution < -0.4 is 0 Å². The van der Waals surface area contributed by atoms with E-state index in [1.54, 1.807) is 0 Å². The van der Waals surface area contributed by atoms with Crippen LogP contribution in [0.1, 0.15) is 46.3 Å². The van der Waals surface area contributed by atoms with Gasteiger partial charge in [0.15, 0.2) is 0 Å². The molecule has 0 aliphatic carbocycles. The summed E-state index contributed by atoms with van der Waals surface area (Å²) < 4.78 is 0. The maximum atomic E-state index is 2.56. The Hall–Kier alpha value is -4.46. The molecule has 0 radical (unpaired) electrons. The van der Waals surface area contributed by atoms with Gasteiger partial charge in [0.25, 0.3) is 0 Å². The summed E-state index contributed by atoms with van der Waals surface area (Å²) in [6, 6.07) is 52.1. The minimum absolute atomic E-state index is 0.244. The molecule has 1 heteroatoms. The van der Waals surface area contributed by atoms with E-state index in [4.69, 9.17) is 0 Å². The van der Waals surface area contributed by atoms with Gasteiger partial charge in [-0.1, -0.05) is 163 Å². The number of hydrogen-bond donors (Lipinski definition) is 0. The zero-order valence-electron chi connectivity index (χ0n) is 23.4. The third kappa shape index (κ3) is 6.94. The summed E-state index contributed by atoms with van der Waals surface area (Å²) in [5.41, 5.74) is 10.1. The molecule has 0 saturated carbocycles.